The second kappa shape index (κ2) is 4.88. The molecule has 0 saturated carbocycles. The second-order valence-electron chi connectivity index (χ2n) is 4.63. The molecule has 3 rings (SSSR count). The van der Waals surface area contributed by atoms with Gasteiger partial charge >= 0.3 is 0 Å². The van der Waals surface area contributed by atoms with Crippen LogP contribution in [-0.2, 0) is 10.0 Å². The number of benzene rings is 1. The van der Waals surface area contributed by atoms with Crippen molar-refractivity contribution in [3.63, 3.8) is 0 Å². The van der Waals surface area contributed by atoms with Gasteiger partial charge in [-0.3, -0.25) is 0 Å². The van der Waals surface area contributed by atoms with Gasteiger partial charge in [0.1, 0.15) is 0 Å². The van der Waals surface area contributed by atoms with Crippen LogP contribution in [0.15, 0.2) is 23.1 Å². The summed E-state index contributed by atoms with van der Waals surface area (Å²) in [5, 5.41) is 0.447. The summed E-state index contributed by atoms with van der Waals surface area (Å²) >= 11 is 1.35. The number of thiazole rings is 1. The Morgan fingerprint density at radius 3 is 2.62 bits per heavy atom. The topological polar surface area (TPSA) is 68.7 Å². The summed E-state index contributed by atoms with van der Waals surface area (Å²) in [6.45, 7) is 3.88. The van der Waals surface area contributed by atoms with E-state index in [1.807, 2.05) is 13.8 Å². The van der Waals surface area contributed by atoms with E-state index in [0.29, 0.717) is 16.6 Å². The Bertz CT molecular complexity index is 779. The Balaban J connectivity index is 2.00. The lowest BCUT2D eigenvalue weighted by Gasteiger charge is -2.16. The van der Waals surface area contributed by atoms with Crippen LogP contribution in [-0.4, -0.2) is 27.2 Å². The number of ether oxygens (including phenoxy) is 2. The zero-order valence-corrected chi connectivity index (χ0v) is 13.4. The highest BCUT2D eigenvalue weighted by Gasteiger charge is 2.26. The molecule has 1 aromatic heterocycles. The monoisotopic (exact) mass is 326 g/mol. The molecule has 0 N–H and O–H groups in total. The third-order valence-corrected chi connectivity index (χ3v) is 6.30. The van der Waals surface area contributed by atoms with Crippen LogP contribution in [0.25, 0.3) is 0 Å². The molecule has 0 unspecified atom stereocenters. The number of fused-ring (bicyclic) bond motifs is 1. The standard InChI is InChI=1S/C13H14N2O4S2/c1-8-9(2)20-13(14-8)15(3)21(16,17)10-4-5-11-12(6-10)19-7-18-11/h4-6H,7H2,1-3H3. The summed E-state index contributed by atoms with van der Waals surface area (Å²) in [7, 11) is -2.17. The quantitative estimate of drug-likeness (QED) is 0.866. The molecule has 2 heterocycles. The number of nitrogens with zero attached hydrogens (tertiary/aromatic N) is 2. The first-order chi connectivity index (χ1) is 9.89. The Labute approximate surface area is 127 Å². The molecule has 2 aromatic rings. The first-order valence-corrected chi connectivity index (χ1v) is 8.48. The molecule has 0 spiro atoms. The first-order valence-electron chi connectivity index (χ1n) is 6.22. The van der Waals surface area contributed by atoms with Crippen LogP contribution in [0.5, 0.6) is 11.5 Å². The molecular formula is C13H14N2O4S2. The van der Waals surface area contributed by atoms with E-state index in [2.05, 4.69) is 4.98 Å². The zero-order valence-electron chi connectivity index (χ0n) is 11.8. The van der Waals surface area contributed by atoms with Crippen molar-refractivity contribution in [2.75, 3.05) is 18.1 Å². The van der Waals surface area contributed by atoms with E-state index in [4.69, 9.17) is 9.47 Å². The molecule has 1 aromatic carbocycles. The average molecular weight is 326 g/mol. The highest BCUT2D eigenvalue weighted by Crippen LogP contribution is 2.35. The van der Waals surface area contributed by atoms with E-state index in [-0.39, 0.29) is 11.7 Å². The summed E-state index contributed by atoms with van der Waals surface area (Å²) in [6.07, 6.45) is 0. The predicted molar refractivity (Wildman–Crippen MR) is 79.7 cm³/mol. The molecule has 0 saturated heterocycles. The van der Waals surface area contributed by atoms with Crippen LogP contribution in [0.3, 0.4) is 0 Å². The van der Waals surface area contributed by atoms with Crippen molar-refractivity contribution in [1.29, 1.82) is 0 Å². The van der Waals surface area contributed by atoms with Gasteiger partial charge in [0.25, 0.3) is 10.0 Å². The number of anilines is 1. The van der Waals surface area contributed by atoms with Crippen LogP contribution >= 0.6 is 11.3 Å². The maximum atomic E-state index is 12.6. The number of hydrogen-bond donors (Lipinski definition) is 0. The fourth-order valence-corrected chi connectivity index (χ4v) is 4.13. The minimum absolute atomic E-state index is 0.111. The summed E-state index contributed by atoms with van der Waals surface area (Å²) in [4.78, 5) is 5.43. The van der Waals surface area contributed by atoms with Gasteiger partial charge in [-0.05, 0) is 26.0 Å². The SMILES string of the molecule is Cc1nc(N(C)S(=O)(=O)c2ccc3c(c2)OCO3)sc1C. The number of sulfonamides is 1. The minimum atomic E-state index is -3.67. The minimum Gasteiger partial charge on any atom is -0.454 e. The molecular weight excluding hydrogens is 312 g/mol. The first kappa shape index (κ1) is 14.2. The fraction of sp³-hybridized carbons (Fsp3) is 0.308. The molecule has 0 fully saturated rings. The highest BCUT2D eigenvalue weighted by atomic mass is 32.2. The van der Waals surface area contributed by atoms with Crippen molar-refractivity contribution >= 4 is 26.5 Å². The Kier molecular flexibility index (Phi) is 3.29. The van der Waals surface area contributed by atoms with Crippen molar-refractivity contribution in [2.45, 2.75) is 18.7 Å². The summed E-state index contributed by atoms with van der Waals surface area (Å²) in [5.74, 6) is 0.994. The fourth-order valence-electron chi connectivity index (χ4n) is 1.89. The van der Waals surface area contributed by atoms with Gasteiger partial charge in [-0.1, -0.05) is 0 Å². The number of aromatic nitrogens is 1. The van der Waals surface area contributed by atoms with E-state index in [1.165, 1.54) is 34.8 Å². The van der Waals surface area contributed by atoms with Gasteiger partial charge in [-0.25, -0.2) is 17.7 Å². The number of rotatable bonds is 3. The maximum absolute atomic E-state index is 12.6. The Hall–Kier alpha value is -1.80. The lowest BCUT2D eigenvalue weighted by atomic mass is 10.3. The van der Waals surface area contributed by atoms with Crippen LogP contribution in [0.2, 0.25) is 0 Å². The molecule has 0 amide bonds. The van der Waals surface area contributed by atoms with Crippen molar-refractivity contribution < 1.29 is 17.9 Å². The van der Waals surface area contributed by atoms with Crippen LogP contribution in [0.1, 0.15) is 10.6 Å². The number of aryl methyl sites for hydroxylation is 2. The molecule has 0 aliphatic carbocycles. The van der Waals surface area contributed by atoms with Crippen molar-refractivity contribution in [1.82, 2.24) is 4.98 Å². The average Bonchev–Trinajstić information content (AvgIpc) is 3.04. The van der Waals surface area contributed by atoms with E-state index in [0.717, 1.165) is 10.6 Å². The summed E-state index contributed by atoms with van der Waals surface area (Å²) < 4.78 is 36.9. The van der Waals surface area contributed by atoms with Crippen molar-refractivity contribution in [2.24, 2.45) is 0 Å². The van der Waals surface area contributed by atoms with E-state index < -0.39 is 10.0 Å². The molecule has 1 aliphatic rings. The third kappa shape index (κ3) is 2.34. The van der Waals surface area contributed by atoms with Crippen LogP contribution in [0, 0.1) is 13.8 Å². The molecule has 21 heavy (non-hydrogen) atoms. The molecule has 1 aliphatic heterocycles. The second-order valence-corrected chi connectivity index (χ2v) is 7.78. The van der Waals surface area contributed by atoms with Crippen molar-refractivity contribution in [3.05, 3.63) is 28.8 Å². The molecule has 0 radical (unpaired) electrons. The van der Waals surface area contributed by atoms with Gasteiger partial charge in [-0.2, -0.15) is 0 Å². The van der Waals surface area contributed by atoms with Gasteiger partial charge < -0.3 is 9.47 Å². The summed E-state index contributed by atoms with van der Waals surface area (Å²) in [6, 6.07) is 4.58. The lowest BCUT2D eigenvalue weighted by molar-refractivity contribution is 0.174. The Morgan fingerprint density at radius 1 is 1.24 bits per heavy atom. The highest BCUT2D eigenvalue weighted by molar-refractivity contribution is 7.93. The van der Waals surface area contributed by atoms with Crippen molar-refractivity contribution in [3.8, 4) is 11.5 Å². The number of hydrogen-bond acceptors (Lipinski definition) is 6. The van der Waals surface area contributed by atoms with Gasteiger partial charge in [0, 0.05) is 18.0 Å². The summed E-state index contributed by atoms with van der Waals surface area (Å²) in [5.41, 5.74) is 0.836. The molecule has 6 nitrogen and oxygen atoms in total. The maximum Gasteiger partial charge on any atom is 0.265 e. The van der Waals surface area contributed by atoms with Gasteiger partial charge in [-0.15, -0.1) is 11.3 Å². The molecule has 8 heteroatoms. The molecule has 112 valence electrons. The van der Waals surface area contributed by atoms with Crippen LogP contribution < -0.4 is 13.8 Å². The molecule has 0 atom stereocenters. The van der Waals surface area contributed by atoms with Gasteiger partial charge in [0.2, 0.25) is 6.79 Å². The molecule has 0 bridgehead atoms. The van der Waals surface area contributed by atoms with E-state index >= 15 is 0 Å². The van der Waals surface area contributed by atoms with Gasteiger partial charge in [0.15, 0.2) is 16.6 Å². The predicted octanol–water partition coefficient (Wildman–Crippen LogP) is 2.31. The zero-order chi connectivity index (χ0) is 15.2. The van der Waals surface area contributed by atoms with E-state index in [1.54, 1.807) is 6.07 Å². The lowest BCUT2D eigenvalue weighted by Crippen LogP contribution is -2.26. The van der Waals surface area contributed by atoms with E-state index in [9.17, 15) is 8.42 Å². The Morgan fingerprint density at radius 2 is 1.95 bits per heavy atom. The largest absolute Gasteiger partial charge is 0.454 e. The third-order valence-electron chi connectivity index (χ3n) is 3.29. The normalized spacial score (nSPS) is 13.5. The van der Waals surface area contributed by atoms with Crippen LogP contribution in [0.4, 0.5) is 5.13 Å². The smallest absolute Gasteiger partial charge is 0.265 e. The van der Waals surface area contributed by atoms with Gasteiger partial charge in [0.05, 0.1) is 10.6 Å².